The number of rotatable bonds is 9. The summed E-state index contributed by atoms with van der Waals surface area (Å²) in [5, 5.41) is 24.8. The Morgan fingerprint density at radius 2 is 0.879 bits per heavy atom. The van der Waals surface area contributed by atoms with Gasteiger partial charge in [-0.15, -0.1) is 11.3 Å². The van der Waals surface area contributed by atoms with Crippen LogP contribution in [0.5, 0.6) is 17.2 Å². The van der Waals surface area contributed by atoms with Gasteiger partial charge in [-0.25, -0.2) is 0 Å². The molecule has 0 saturated heterocycles. The molecule has 1 aromatic heterocycles. The standard InChI is InChI=1S/C29H25NO3.C29H21NO2S/c1-19-17-23(25(31)18-26(19)33-2)27-22-15-9-10-16-24(22)30(29(27)32)28(20-11-5-3-6-12-20)21-13-7-4-8-14-21;31-25-17-21-15-16-33-26(21)18-23(25)27-22-13-7-8-14-24(22)30(29(27)32)28(19-9-3-1-4-10-19)20-11-5-2-6-12-20/h3-18,27-28,31H,1-2H3;1-18,27-28,31H. The van der Waals surface area contributed by atoms with Crippen LogP contribution in [0.4, 0.5) is 11.4 Å². The number of aromatic hydroxyl groups is 2. The highest BCUT2D eigenvalue weighted by Crippen LogP contribution is 2.51. The van der Waals surface area contributed by atoms with Crippen molar-refractivity contribution in [3.63, 3.8) is 0 Å². The fraction of sp³-hybridized carbons (Fsp3) is 0.103. The van der Waals surface area contributed by atoms with Gasteiger partial charge in [0.25, 0.3) is 0 Å². The van der Waals surface area contributed by atoms with Crippen LogP contribution < -0.4 is 14.5 Å². The van der Waals surface area contributed by atoms with E-state index in [2.05, 4.69) is 48.5 Å². The maximum atomic E-state index is 14.2. The Labute approximate surface area is 388 Å². The molecular weight excluding hydrogens is 837 g/mol. The zero-order chi connectivity index (χ0) is 45.3. The maximum Gasteiger partial charge on any atom is 0.240 e. The average Bonchev–Trinajstić information content (AvgIpc) is 4.02. The van der Waals surface area contributed by atoms with E-state index in [1.807, 2.05) is 162 Å². The van der Waals surface area contributed by atoms with Crippen LogP contribution in [0.1, 0.15) is 74.0 Å². The molecule has 2 aliphatic heterocycles. The molecule has 8 aromatic carbocycles. The van der Waals surface area contributed by atoms with Crippen LogP contribution in [-0.4, -0.2) is 29.1 Å². The summed E-state index contributed by atoms with van der Waals surface area (Å²) in [4.78, 5) is 32.1. The number of carbonyl (C=O) groups is 2. The lowest BCUT2D eigenvalue weighted by molar-refractivity contribution is -0.119. The highest BCUT2D eigenvalue weighted by atomic mass is 32.1. The largest absolute Gasteiger partial charge is 0.508 e. The number of aryl methyl sites for hydroxylation is 1. The van der Waals surface area contributed by atoms with E-state index in [0.29, 0.717) is 16.9 Å². The summed E-state index contributed by atoms with van der Waals surface area (Å²) in [5.74, 6) is -0.425. The highest BCUT2D eigenvalue weighted by Gasteiger charge is 2.45. The average molecular weight is 883 g/mol. The van der Waals surface area contributed by atoms with E-state index in [0.717, 1.165) is 60.4 Å². The van der Waals surface area contributed by atoms with E-state index < -0.39 is 11.8 Å². The first-order valence-corrected chi connectivity index (χ1v) is 22.8. The minimum absolute atomic E-state index is 0.0277. The molecule has 2 amide bonds. The Morgan fingerprint density at radius 1 is 0.485 bits per heavy atom. The van der Waals surface area contributed by atoms with E-state index in [-0.39, 0.29) is 35.4 Å². The number of carbonyl (C=O) groups excluding carboxylic acids is 2. The predicted octanol–water partition coefficient (Wildman–Crippen LogP) is 12.9. The van der Waals surface area contributed by atoms with Crippen LogP contribution >= 0.6 is 11.3 Å². The fourth-order valence-electron chi connectivity index (χ4n) is 9.74. The van der Waals surface area contributed by atoms with Crippen LogP contribution in [-0.2, 0) is 9.59 Å². The molecule has 2 atom stereocenters. The van der Waals surface area contributed by atoms with Gasteiger partial charge in [0.2, 0.25) is 11.8 Å². The number of ether oxygens (including phenoxy) is 1. The van der Waals surface area contributed by atoms with Crippen molar-refractivity contribution in [3.05, 3.63) is 256 Å². The SMILES string of the molecule is COc1cc(O)c(C2C(=O)N(C(c3ccccc3)c3ccccc3)c3ccccc32)cc1C.O=C1C(c2cc3sccc3cc2O)c2ccccc2N1C(c1ccccc1)c1ccccc1. The number of hydrogen-bond acceptors (Lipinski definition) is 6. The number of hydrogen-bond donors (Lipinski definition) is 2. The molecule has 9 aromatic rings. The van der Waals surface area contributed by atoms with Gasteiger partial charge in [-0.05, 0) is 93.0 Å². The van der Waals surface area contributed by atoms with Crippen molar-refractivity contribution in [2.75, 3.05) is 16.9 Å². The lowest BCUT2D eigenvalue weighted by Crippen LogP contribution is -2.34. The van der Waals surface area contributed by atoms with Crippen LogP contribution in [0, 0.1) is 6.92 Å². The third-order valence-electron chi connectivity index (χ3n) is 12.7. The fourth-order valence-corrected chi connectivity index (χ4v) is 10.6. The first-order valence-electron chi connectivity index (χ1n) is 21.9. The Balaban J connectivity index is 0.000000155. The molecule has 8 heteroatoms. The van der Waals surface area contributed by atoms with Gasteiger partial charge in [0.1, 0.15) is 17.2 Å². The van der Waals surface area contributed by atoms with Crippen LogP contribution in [0.15, 0.2) is 206 Å². The van der Waals surface area contributed by atoms with Crippen LogP contribution in [0.3, 0.4) is 0 Å². The van der Waals surface area contributed by atoms with Gasteiger partial charge in [-0.2, -0.15) is 0 Å². The summed E-state index contributed by atoms with van der Waals surface area (Å²) in [5.41, 5.74) is 9.83. The van der Waals surface area contributed by atoms with Gasteiger partial charge in [-0.1, -0.05) is 158 Å². The smallest absolute Gasteiger partial charge is 0.240 e. The number of anilines is 2. The molecule has 7 nitrogen and oxygen atoms in total. The number of thiophene rings is 1. The molecule has 66 heavy (non-hydrogen) atoms. The van der Waals surface area contributed by atoms with Crippen molar-refractivity contribution in [1.29, 1.82) is 0 Å². The Bertz CT molecular complexity index is 3110. The molecule has 0 saturated carbocycles. The number of phenols is 2. The van der Waals surface area contributed by atoms with E-state index in [1.165, 1.54) is 0 Å². The topological polar surface area (TPSA) is 90.3 Å². The van der Waals surface area contributed by atoms with Crippen LogP contribution in [0.2, 0.25) is 0 Å². The number of methoxy groups -OCH3 is 1. The Morgan fingerprint density at radius 3 is 1.32 bits per heavy atom. The zero-order valence-corrected chi connectivity index (χ0v) is 37.2. The molecular formula is C58H46N2O5S. The molecule has 11 rings (SSSR count). The third-order valence-corrected chi connectivity index (χ3v) is 13.6. The second-order valence-electron chi connectivity index (χ2n) is 16.6. The van der Waals surface area contributed by atoms with Gasteiger partial charge < -0.3 is 14.9 Å². The molecule has 2 unspecified atom stereocenters. The van der Waals surface area contributed by atoms with E-state index in [1.54, 1.807) is 30.6 Å². The van der Waals surface area contributed by atoms with E-state index >= 15 is 0 Å². The second-order valence-corrected chi connectivity index (χ2v) is 17.5. The summed E-state index contributed by atoms with van der Waals surface area (Å²) < 4.78 is 6.42. The number of amides is 2. The normalized spacial score (nSPS) is 15.2. The maximum absolute atomic E-state index is 14.2. The summed E-state index contributed by atoms with van der Waals surface area (Å²) in [6.07, 6.45) is 0. The quantitative estimate of drug-likeness (QED) is 0.151. The number of fused-ring (bicyclic) bond motifs is 3. The van der Waals surface area contributed by atoms with E-state index in [4.69, 9.17) is 4.74 Å². The predicted molar refractivity (Wildman–Crippen MR) is 264 cm³/mol. The number of nitrogens with zero attached hydrogens (tertiary/aromatic N) is 2. The molecule has 3 heterocycles. The molecule has 0 radical (unpaired) electrons. The van der Waals surface area contributed by atoms with Crippen molar-refractivity contribution in [3.8, 4) is 17.2 Å². The first-order chi connectivity index (χ1) is 32.3. The molecule has 2 N–H and O–H groups in total. The van der Waals surface area contributed by atoms with Gasteiger partial charge in [0.15, 0.2) is 0 Å². The molecule has 324 valence electrons. The minimum Gasteiger partial charge on any atom is -0.508 e. The molecule has 0 aliphatic carbocycles. The monoisotopic (exact) mass is 882 g/mol. The van der Waals surface area contributed by atoms with Crippen molar-refractivity contribution < 1.29 is 24.5 Å². The van der Waals surface area contributed by atoms with Gasteiger partial charge in [-0.3, -0.25) is 19.4 Å². The molecule has 2 aliphatic rings. The first kappa shape index (κ1) is 42.0. The van der Waals surface area contributed by atoms with Gasteiger partial charge in [0, 0.05) is 33.3 Å². The van der Waals surface area contributed by atoms with Crippen molar-refractivity contribution in [1.82, 2.24) is 0 Å². The highest BCUT2D eigenvalue weighted by molar-refractivity contribution is 7.17. The molecule has 0 bridgehead atoms. The summed E-state index contributed by atoms with van der Waals surface area (Å²) in [6.45, 7) is 1.92. The van der Waals surface area contributed by atoms with Gasteiger partial charge in [0.05, 0.1) is 31.0 Å². The summed E-state index contributed by atoms with van der Waals surface area (Å²) in [6, 6.07) is 64.8. The van der Waals surface area contributed by atoms with Crippen molar-refractivity contribution in [2.24, 2.45) is 0 Å². The van der Waals surface area contributed by atoms with E-state index in [9.17, 15) is 19.8 Å². The number of para-hydroxylation sites is 2. The summed E-state index contributed by atoms with van der Waals surface area (Å²) >= 11 is 1.62. The third kappa shape index (κ3) is 7.55. The second kappa shape index (κ2) is 17.9. The number of phenolic OH excluding ortho intramolecular Hbond substituents is 2. The number of benzene rings is 8. The van der Waals surface area contributed by atoms with Gasteiger partial charge >= 0.3 is 0 Å². The lowest BCUT2D eigenvalue weighted by atomic mass is 9.90. The van der Waals surface area contributed by atoms with Crippen molar-refractivity contribution >= 4 is 44.6 Å². The Kier molecular flexibility index (Phi) is 11.4. The summed E-state index contributed by atoms with van der Waals surface area (Å²) in [7, 11) is 1.57. The zero-order valence-electron chi connectivity index (χ0n) is 36.4. The molecule has 0 fully saturated rings. The Hall–Kier alpha value is -7.94. The lowest BCUT2D eigenvalue weighted by Gasteiger charge is -2.30. The minimum atomic E-state index is -0.597. The molecule has 0 spiro atoms. The van der Waals surface area contributed by atoms with Crippen molar-refractivity contribution in [2.45, 2.75) is 30.8 Å². The van der Waals surface area contributed by atoms with Crippen LogP contribution in [0.25, 0.3) is 10.1 Å².